The lowest BCUT2D eigenvalue weighted by Crippen LogP contribution is -2.46. The van der Waals surface area contributed by atoms with Gasteiger partial charge in [0.05, 0.1) is 11.6 Å². The predicted molar refractivity (Wildman–Crippen MR) is 71.6 cm³/mol. The molecule has 18 heavy (non-hydrogen) atoms. The average molecular weight is 292 g/mol. The Morgan fingerprint density at radius 1 is 1.61 bits per heavy atom. The van der Waals surface area contributed by atoms with Crippen molar-refractivity contribution in [2.24, 2.45) is 0 Å². The Bertz CT molecular complexity index is 338. The summed E-state index contributed by atoms with van der Waals surface area (Å²) < 4.78 is 0. The fourth-order valence-electron chi connectivity index (χ4n) is 1.45. The number of carbonyl (C=O) groups is 3. The summed E-state index contributed by atoms with van der Waals surface area (Å²) >= 11 is 2.97. The van der Waals surface area contributed by atoms with Gasteiger partial charge in [0.25, 0.3) is 0 Å². The first-order valence-corrected chi connectivity index (χ1v) is 7.96. The smallest absolute Gasteiger partial charge is 0.326 e. The Hall–Kier alpha value is -0.890. The number of amides is 2. The lowest BCUT2D eigenvalue weighted by atomic mass is 10.2. The first-order chi connectivity index (χ1) is 8.54. The summed E-state index contributed by atoms with van der Waals surface area (Å²) in [5.74, 6) is 0.0113. The van der Waals surface area contributed by atoms with Crippen LogP contribution in [0.2, 0.25) is 0 Å². The summed E-state index contributed by atoms with van der Waals surface area (Å²) in [5.41, 5.74) is 0. The molecule has 0 radical (unpaired) electrons. The number of aliphatic carboxylic acids is 1. The molecule has 8 heteroatoms. The van der Waals surface area contributed by atoms with Crippen molar-refractivity contribution in [3.63, 3.8) is 0 Å². The molecular formula is C10H16N2O4S2. The minimum absolute atomic E-state index is 0.0606. The van der Waals surface area contributed by atoms with E-state index in [0.717, 1.165) is 0 Å². The van der Waals surface area contributed by atoms with Gasteiger partial charge in [-0.25, -0.2) is 4.79 Å². The lowest BCUT2D eigenvalue weighted by molar-refractivity contribution is -0.142. The summed E-state index contributed by atoms with van der Waals surface area (Å²) in [7, 11) is 0. The predicted octanol–water partition coefficient (Wildman–Crippen LogP) is -0.158. The van der Waals surface area contributed by atoms with E-state index < -0.39 is 17.9 Å². The van der Waals surface area contributed by atoms with Gasteiger partial charge in [0.2, 0.25) is 11.8 Å². The molecule has 1 saturated heterocycles. The van der Waals surface area contributed by atoms with Crippen molar-refractivity contribution in [3.05, 3.63) is 0 Å². The van der Waals surface area contributed by atoms with Crippen molar-refractivity contribution in [2.45, 2.75) is 12.5 Å². The number of carboxylic acids is 1. The third-order valence-electron chi connectivity index (χ3n) is 2.40. The SMILES string of the molecule is CSCC[C@H](NC(=O)CN1CSCC1=O)C(=O)O. The van der Waals surface area contributed by atoms with E-state index in [1.807, 2.05) is 6.26 Å². The molecule has 1 fully saturated rings. The molecule has 2 N–H and O–H groups in total. The molecule has 0 unspecified atom stereocenters. The molecule has 0 aromatic carbocycles. The Morgan fingerprint density at radius 3 is 2.83 bits per heavy atom. The lowest BCUT2D eigenvalue weighted by Gasteiger charge is -2.17. The Kier molecular flexibility index (Phi) is 6.34. The van der Waals surface area contributed by atoms with Crippen molar-refractivity contribution in [1.82, 2.24) is 10.2 Å². The van der Waals surface area contributed by atoms with Gasteiger partial charge < -0.3 is 15.3 Å². The zero-order chi connectivity index (χ0) is 13.5. The molecule has 1 aliphatic rings. The second-order valence-electron chi connectivity index (χ2n) is 3.81. The summed E-state index contributed by atoms with van der Waals surface area (Å²) in [6.07, 6.45) is 2.26. The van der Waals surface area contributed by atoms with Crippen LogP contribution in [0.25, 0.3) is 0 Å². The van der Waals surface area contributed by atoms with Crippen LogP contribution in [0.5, 0.6) is 0 Å². The van der Waals surface area contributed by atoms with Gasteiger partial charge in [-0.15, -0.1) is 11.8 Å². The Balaban J connectivity index is 2.40. The van der Waals surface area contributed by atoms with Crippen LogP contribution in [0.3, 0.4) is 0 Å². The van der Waals surface area contributed by atoms with Crippen molar-refractivity contribution >= 4 is 41.3 Å². The maximum atomic E-state index is 11.6. The molecule has 102 valence electrons. The van der Waals surface area contributed by atoms with Crippen LogP contribution < -0.4 is 5.32 Å². The molecule has 1 rings (SSSR count). The first kappa shape index (κ1) is 15.2. The largest absolute Gasteiger partial charge is 0.480 e. The number of nitrogens with zero attached hydrogens (tertiary/aromatic N) is 1. The fraction of sp³-hybridized carbons (Fsp3) is 0.700. The van der Waals surface area contributed by atoms with Crippen molar-refractivity contribution in [3.8, 4) is 0 Å². The van der Waals surface area contributed by atoms with E-state index in [2.05, 4.69) is 5.32 Å². The molecule has 2 amide bonds. The molecule has 1 aliphatic heterocycles. The highest BCUT2D eigenvalue weighted by molar-refractivity contribution is 8.00. The zero-order valence-corrected chi connectivity index (χ0v) is 11.7. The van der Waals surface area contributed by atoms with Crippen LogP contribution in [-0.2, 0) is 14.4 Å². The fourth-order valence-corrected chi connectivity index (χ4v) is 2.82. The Labute approximate surface area is 114 Å². The molecule has 1 heterocycles. The second kappa shape index (κ2) is 7.52. The highest BCUT2D eigenvalue weighted by Gasteiger charge is 2.25. The van der Waals surface area contributed by atoms with Crippen molar-refractivity contribution in [1.29, 1.82) is 0 Å². The summed E-state index contributed by atoms with van der Waals surface area (Å²) in [6.45, 7) is -0.0606. The molecule has 0 spiro atoms. The van der Waals surface area contributed by atoms with Crippen LogP contribution in [0.4, 0.5) is 0 Å². The van der Waals surface area contributed by atoms with Crippen LogP contribution in [0, 0.1) is 0 Å². The number of hydrogen-bond acceptors (Lipinski definition) is 5. The third kappa shape index (κ3) is 4.77. The van der Waals surface area contributed by atoms with Crippen LogP contribution in [-0.4, -0.2) is 64.0 Å². The number of hydrogen-bond donors (Lipinski definition) is 2. The van der Waals surface area contributed by atoms with E-state index in [1.54, 1.807) is 0 Å². The Morgan fingerprint density at radius 2 is 2.33 bits per heavy atom. The number of thioether (sulfide) groups is 2. The molecule has 0 aliphatic carbocycles. The minimum atomic E-state index is -1.04. The van der Waals surface area contributed by atoms with Crippen molar-refractivity contribution in [2.75, 3.05) is 30.2 Å². The van der Waals surface area contributed by atoms with Crippen LogP contribution in [0.1, 0.15) is 6.42 Å². The minimum Gasteiger partial charge on any atom is -0.480 e. The zero-order valence-electron chi connectivity index (χ0n) is 10.0. The van der Waals surface area contributed by atoms with Gasteiger partial charge in [-0.2, -0.15) is 11.8 Å². The van der Waals surface area contributed by atoms with Gasteiger partial charge >= 0.3 is 5.97 Å². The standard InChI is InChI=1S/C10H16N2O4S2/c1-17-3-2-7(10(15)16)11-8(13)4-12-6-18-5-9(12)14/h7H,2-6H2,1H3,(H,11,13)(H,15,16)/t7-/m0/s1. The third-order valence-corrected chi connectivity index (χ3v) is 3.99. The maximum Gasteiger partial charge on any atom is 0.326 e. The van der Waals surface area contributed by atoms with Gasteiger partial charge in [0, 0.05) is 0 Å². The molecule has 0 bridgehead atoms. The second-order valence-corrected chi connectivity index (χ2v) is 5.75. The molecular weight excluding hydrogens is 276 g/mol. The van der Waals surface area contributed by atoms with E-state index in [1.165, 1.54) is 28.4 Å². The van der Waals surface area contributed by atoms with Gasteiger partial charge in [0.15, 0.2) is 0 Å². The van der Waals surface area contributed by atoms with Crippen LogP contribution >= 0.6 is 23.5 Å². The van der Waals surface area contributed by atoms with E-state index in [4.69, 9.17) is 5.11 Å². The summed E-state index contributed by atoms with van der Waals surface area (Å²) in [6, 6.07) is -0.879. The van der Waals surface area contributed by atoms with Gasteiger partial charge in [-0.3, -0.25) is 9.59 Å². The van der Waals surface area contributed by atoms with E-state index in [9.17, 15) is 14.4 Å². The van der Waals surface area contributed by atoms with E-state index in [-0.39, 0.29) is 12.5 Å². The van der Waals surface area contributed by atoms with E-state index >= 15 is 0 Å². The summed E-state index contributed by atoms with van der Waals surface area (Å²) in [5, 5.41) is 11.4. The molecule has 0 saturated carbocycles. The van der Waals surface area contributed by atoms with E-state index in [0.29, 0.717) is 23.8 Å². The summed E-state index contributed by atoms with van der Waals surface area (Å²) in [4.78, 5) is 35.3. The number of rotatable bonds is 7. The topological polar surface area (TPSA) is 86.7 Å². The number of carbonyl (C=O) groups excluding carboxylic acids is 2. The first-order valence-electron chi connectivity index (χ1n) is 5.41. The normalized spacial score (nSPS) is 16.7. The van der Waals surface area contributed by atoms with Gasteiger partial charge in [-0.1, -0.05) is 0 Å². The van der Waals surface area contributed by atoms with Gasteiger partial charge in [-0.05, 0) is 18.4 Å². The van der Waals surface area contributed by atoms with Gasteiger partial charge in [0.1, 0.15) is 12.6 Å². The molecule has 0 aromatic rings. The highest BCUT2D eigenvalue weighted by Crippen LogP contribution is 2.14. The maximum absolute atomic E-state index is 11.6. The van der Waals surface area contributed by atoms with Crippen LogP contribution in [0.15, 0.2) is 0 Å². The monoisotopic (exact) mass is 292 g/mol. The molecule has 1 atom stereocenters. The quantitative estimate of drug-likeness (QED) is 0.678. The number of carboxylic acid groups (broad SMARTS) is 1. The average Bonchev–Trinajstić information content (AvgIpc) is 2.70. The van der Waals surface area contributed by atoms with Crippen molar-refractivity contribution < 1.29 is 19.5 Å². The molecule has 6 nitrogen and oxygen atoms in total. The number of nitrogens with one attached hydrogen (secondary N) is 1. The highest BCUT2D eigenvalue weighted by atomic mass is 32.2. The molecule has 0 aromatic heterocycles.